The largest absolute Gasteiger partial charge is 0.378 e. The number of amides is 1. The highest BCUT2D eigenvalue weighted by Crippen LogP contribution is 2.16. The van der Waals surface area contributed by atoms with Crippen LogP contribution in [0.15, 0.2) is 24.3 Å². The molecule has 1 saturated heterocycles. The fraction of sp³-hybridized carbons (Fsp3) is 0.417. The van der Waals surface area contributed by atoms with Gasteiger partial charge >= 0.3 is 0 Å². The Kier molecular flexibility index (Phi) is 3.51. The van der Waals surface area contributed by atoms with Crippen LogP contribution in [0.4, 0.5) is 10.1 Å². The van der Waals surface area contributed by atoms with Crippen molar-refractivity contribution in [1.82, 2.24) is 0 Å². The summed E-state index contributed by atoms with van der Waals surface area (Å²) in [6, 6.07) is 5.73. The Hall–Kier alpha value is -1.42. The number of nitrogens with one attached hydrogen (secondary N) is 1. The van der Waals surface area contributed by atoms with Crippen molar-refractivity contribution in [3.63, 3.8) is 0 Å². The number of hydrogen-bond acceptors (Lipinski definition) is 2. The smallest absolute Gasteiger partial charge is 0.226 e. The molecule has 1 aromatic carbocycles. The van der Waals surface area contributed by atoms with Gasteiger partial charge in [-0.1, -0.05) is 0 Å². The minimum Gasteiger partial charge on any atom is -0.378 e. The number of benzene rings is 1. The Morgan fingerprint density at radius 2 is 2.19 bits per heavy atom. The van der Waals surface area contributed by atoms with E-state index >= 15 is 0 Å². The van der Waals surface area contributed by atoms with Gasteiger partial charge in [0.25, 0.3) is 0 Å². The standard InChI is InChI=1S/C12H14FNO2/c13-9-3-5-10(6-4-9)14-12(15)8-11-2-1-7-16-11/h3-6,11H,1-2,7-8H2,(H,14,15). The van der Waals surface area contributed by atoms with Gasteiger partial charge in [-0.2, -0.15) is 0 Å². The van der Waals surface area contributed by atoms with Crippen LogP contribution in [0.5, 0.6) is 0 Å². The molecule has 16 heavy (non-hydrogen) atoms. The summed E-state index contributed by atoms with van der Waals surface area (Å²) in [7, 11) is 0. The van der Waals surface area contributed by atoms with Crippen LogP contribution in [0.1, 0.15) is 19.3 Å². The van der Waals surface area contributed by atoms with Crippen molar-refractivity contribution in [3.05, 3.63) is 30.1 Å². The summed E-state index contributed by atoms with van der Waals surface area (Å²) >= 11 is 0. The zero-order valence-electron chi connectivity index (χ0n) is 8.91. The minimum atomic E-state index is -0.308. The lowest BCUT2D eigenvalue weighted by Crippen LogP contribution is -2.19. The van der Waals surface area contributed by atoms with Crippen molar-refractivity contribution in [1.29, 1.82) is 0 Å². The maximum atomic E-state index is 12.6. The molecular weight excluding hydrogens is 209 g/mol. The summed E-state index contributed by atoms with van der Waals surface area (Å²) in [4.78, 5) is 11.6. The Bertz CT molecular complexity index is 358. The molecule has 1 atom stereocenters. The first-order valence-electron chi connectivity index (χ1n) is 5.41. The number of anilines is 1. The molecule has 1 aromatic rings. The normalized spacial score (nSPS) is 19.7. The van der Waals surface area contributed by atoms with Gasteiger partial charge in [-0.3, -0.25) is 4.79 Å². The first kappa shape index (κ1) is 11.1. The molecule has 0 bridgehead atoms. The van der Waals surface area contributed by atoms with Crippen molar-refractivity contribution < 1.29 is 13.9 Å². The molecule has 1 aliphatic heterocycles. The number of carbonyl (C=O) groups excluding carboxylic acids is 1. The Labute approximate surface area is 93.6 Å². The van der Waals surface area contributed by atoms with E-state index in [1.807, 2.05) is 0 Å². The molecule has 1 unspecified atom stereocenters. The summed E-state index contributed by atoms with van der Waals surface area (Å²) in [6.07, 6.45) is 2.38. The summed E-state index contributed by atoms with van der Waals surface area (Å²) in [6.45, 7) is 0.745. The quantitative estimate of drug-likeness (QED) is 0.854. The molecule has 0 saturated carbocycles. The lowest BCUT2D eigenvalue weighted by Gasteiger charge is -2.09. The lowest BCUT2D eigenvalue weighted by atomic mass is 10.2. The molecule has 0 radical (unpaired) electrons. The monoisotopic (exact) mass is 223 g/mol. The van der Waals surface area contributed by atoms with Gasteiger partial charge in [-0.05, 0) is 37.1 Å². The highest BCUT2D eigenvalue weighted by Gasteiger charge is 2.18. The molecule has 1 heterocycles. The van der Waals surface area contributed by atoms with E-state index in [-0.39, 0.29) is 17.8 Å². The fourth-order valence-corrected chi connectivity index (χ4v) is 1.76. The van der Waals surface area contributed by atoms with Crippen molar-refractivity contribution in [2.75, 3.05) is 11.9 Å². The van der Waals surface area contributed by atoms with Crippen LogP contribution >= 0.6 is 0 Å². The average Bonchev–Trinajstić information content (AvgIpc) is 2.74. The van der Waals surface area contributed by atoms with E-state index in [0.29, 0.717) is 12.1 Å². The Morgan fingerprint density at radius 3 is 2.81 bits per heavy atom. The first-order valence-corrected chi connectivity index (χ1v) is 5.41. The zero-order valence-corrected chi connectivity index (χ0v) is 8.91. The lowest BCUT2D eigenvalue weighted by molar-refractivity contribution is -0.118. The van der Waals surface area contributed by atoms with E-state index in [0.717, 1.165) is 19.4 Å². The van der Waals surface area contributed by atoms with Gasteiger partial charge in [0, 0.05) is 12.3 Å². The third-order valence-corrected chi connectivity index (χ3v) is 2.57. The highest BCUT2D eigenvalue weighted by molar-refractivity contribution is 5.90. The molecule has 1 amide bonds. The molecule has 2 rings (SSSR count). The van der Waals surface area contributed by atoms with Crippen LogP contribution in [0, 0.1) is 5.82 Å². The van der Waals surface area contributed by atoms with Crippen LogP contribution in [-0.2, 0) is 9.53 Å². The minimum absolute atomic E-state index is 0.0421. The van der Waals surface area contributed by atoms with Gasteiger partial charge in [0.1, 0.15) is 5.82 Å². The summed E-state index contributed by atoms with van der Waals surface area (Å²) < 4.78 is 18.0. The molecule has 86 valence electrons. The SMILES string of the molecule is O=C(CC1CCCO1)Nc1ccc(F)cc1. The molecule has 0 spiro atoms. The zero-order chi connectivity index (χ0) is 11.4. The summed E-state index contributed by atoms with van der Waals surface area (Å²) in [5.41, 5.74) is 0.615. The van der Waals surface area contributed by atoms with Gasteiger partial charge in [0.05, 0.1) is 12.5 Å². The van der Waals surface area contributed by atoms with Crippen LogP contribution in [-0.4, -0.2) is 18.6 Å². The Morgan fingerprint density at radius 1 is 1.44 bits per heavy atom. The van der Waals surface area contributed by atoms with Crippen LogP contribution in [0.3, 0.4) is 0 Å². The number of hydrogen-bond donors (Lipinski definition) is 1. The second kappa shape index (κ2) is 5.07. The molecule has 4 heteroatoms. The molecule has 1 fully saturated rings. The second-order valence-electron chi connectivity index (χ2n) is 3.89. The number of ether oxygens (including phenoxy) is 1. The molecule has 1 N–H and O–H groups in total. The third kappa shape index (κ3) is 3.03. The van der Waals surface area contributed by atoms with Crippen molar-refractivity contribution in [2.24, 2.45) is 0 Å². The maximum Gasteiger partial charge on any atom is 0.226 e. The fourth-order valence-electron chi connectivity index (χ4n) is 1.76. The van der Waals surface area contributed by atoms with Crippen LogP contribution in [0.25, 0.3) is 0 Å². The molecule has 0 aromatic heterocycles. The van der Waals surface area contributed by atoms with Gasteiger partial charge < -0.3 is 10.1 Å². The topological polar surface area (TPSA) is 38.3 Å². The highest BCUT2D eigenvalue weighted by atomic mass is 19.1. The van der Waals surface area contributed by atoms with Gasteiger partial charge in [0.15, 0.2) is 0 Å². The van der Waals surface area contributed by atoms with Gasteiger partial charge in [-0.25, -0.2) is 4.39 Å². The predicted octanol–water partition coefficient (Wildman–Crippen LogP) is 2.33. The van der Waals surface area contributed by atoms with E-state index < -0.39 is 0 Å². The maximum absolute atomic E-state index is 12.6. The van der Waals surface area contributed by atoms with E-state index in [1.165, 1.54) is 12.1 Å². The number of carbonyl (C=O) groups is 1. The van der Waals surface area contributed by atoms with E-state index in [9.17, 15) is 9.18 Å². The van der Waals surface area contributed by atoms with Crippen molar-refractivity contribution in [3.8, 4) is 0 Å². The number of halogens is 1. The summed E-state index contributed by atoms with van der Waals surface area (Å²) in [5, 5.41) is 2.71. The molecule has 3 nitrogen and oxygen atoms in total. The molecule has 0 aliphatic carbocycles. The van der Waals surface area contributed by atoms with Crippen LogP contribution < -0.4 is 5.32 Å². The van der Waals surface area contributed by atoms with E-state index in [4.69, 9.17) is 4.74 Å². The molecular formula is C12H14FNO2. The van der Waals surface area contributed by atoms with E-state index in [2.05, 4.69) is 5.32 Å². The van der Waals surface area contributed by atoms with Crippen LogP contribution in [0.2, 0.25) is 0 Å². The third-order valence-electron chi connectivity index (χ3n) is 2.57. The summed E-state index contributed by atoms with van der Waals surface area (Å²) in [5.74, 6) is -0.393. The van der Waals surface area contributed by atoms with Crippen molar-refractivity contribution in [2.45, 2.75) is 25.4 Å². The molecule has 1 aliphatic rings. The van der Waals surface area contributed by atoms with Crippen molar-refractivity contribution >= 4 is 11.6 Å². The van der Waals surface area contributed by atoms with E-state index in [1.54, 1.807) is 12.1 Å². The first-order chi connectivity index (χ1) is 7.74. The second-order valence-corrected chi connectivity index (χ2v) is 3.89. The average molecular weight is 223 g/mol. The van der Waals surface area contributed by atoms with Gasteiger partial charge in [0.2, 0.25) is 5.91 Å². The number of rotatable bonds is 3. The van der Waals surface area contributed by atoms with Gasteiger partial charge in [-0.15, -0.1) is 0 Å². The predicted molar refractivity (Wildman–Crippen MR) is 58.6 cm³/mol. The Balaban J connectivity index is 1.84.